The molecule has 0 aliphatic carbocycles. The largest absolute Gasteiger partial charge is 0.379 e. The van der Waals surface area contributed by atoms with Crippen molar-refractivity contribution >= 4 is 33.4 Å². The van der Waals surface area contributed by atoms with Gasteiger partial charge in [-0.05, 0) is 31.2 Å². The zero-order valence-electron chi connectivity index (χ0n) is 14.9. The molecule has 1 N–H and O–H groups in total. The zero-order chi connectivity index (χ0) is 19.3. The maximum atomic E-state index is 12.6. The molecule has 0 spiro atoms. The summed E-state index contributed by atoms with van der Waals surface area (Å²) in [5.74, 6) is 0.0480. The Morgan fingerprint density at radius 3 is 2.52 bits per heavy atom. The molecule has 2 aromatic rings. The summed E-state index contributed by atoms with van der Waals surface area (Å²) >= 11 is 1.25. The predicted molar refractivity (Wildman–Crippen MR) is 104 cm³/mol. The van der Waals surface area contributed by atoms with Gasteiger partial charge in [-0.1, -0.05) is 29.5 Å². The Morgan fingerprint density at radius 2 is 1.89 bits per heavy atom. The van der Waals surface area contributed by atoms with Crippen LogP contribution in [0.4, 0.5) is 5.69 Å². The highest BCUT2D eigenvalue weighted by atomic mass is 32.2. The first-order valence-corrected chi connectivity index (χ1v) is 10.9. The van der Waals surface area contributed by atoms with E-state index < -0.39 is 10.0 Å². The molecule has 1 amide bonds. The van der Waals surface area contributed by atoms with Gasteiger partial charge in [-0.15, -0.1) is 0 Å². The fraction of sp³-hybridized carbons (Fsp3) is 0.333. The van der Waals surface area contributed by atoms with Crippen molar-refractivity contribution in [2.24, 2.45) is 0 Å². The van der Waals surface area contributed by atoms with E-state index in [9.17, 15) is 13.2 Å². The summed E-state index contributed by atoms with van der Waals surface area (Å²) < 4.78 is 31.7. The van der Waals surface area contributed by atoms with E-state index in [1.54, 1.807) is 6.07 Å². The number of nitrogens with zero attached hydrogens (tertiary/aromatic N) is 2. The number of ether oxygens (including phenoxy) is 1. The Balaban J connectivity index is 1.55. The summed E-state index contributed by atoms with van der Waals surface area (Å²) in [6, 6.07) is 10.7. The molecule has 3 rings (SSSR count). The van der Waals surface area contributed by atoms with Crippen LogP contribution in [0.2, 0.25) is 0 Å². The number of hydrogen-bond acceptors (Lipinski definition) is 6. The lowest BCUT2D eigenvalue weighted by molar-refractivity contribution is -0.113. The number of anilines is 1. The summed E-state index contributed by atoms with van der Waals surface area (Å²) in [5, 5.41) is 3.41. The van der Waals surface area contributed by atoms with Gasteiger partial charge >= 0.3 is 0 Å². The number of aryl methyl sites for hydroxylation is 1. The molecule has 2 heterocycles. The number of amides is 1. The molecular formula is C18H21N3O4S2. The van der Waals surface area contributed by atoms with Crippen molar-refractivity contribution in [3.63, 3.8) is 0 Å². The lowest BCUT2D eigenvalue weighted by Crippen LogP contribution is -2.40. The minimum atomic E-state index is -3.55. The molecule has 0 radical (unpaired) electrons. The molecular weight excluding hydrogens is 386 g/mol. The first kappa shape index (κ1) is 19.8. The lowest BCUT2D eigenvalue weighted by Gasteiger charge is -2.25. The number of morpholine rings is 1. The van der Waals surface area contributed by atoms with Crippen LogP contribution in [-0.2, 0) is 19.6 Å². The Hall–Kier alpha value is -1.94. The Labute approximate surface area is 163 Å². The van der Waals surface area contributed by atoms with E-state index in [0.29, 0.717) is 31.3 Å². The van der Waals surface area contributed by atoms with Gasteiger partial charge in [0.15, 0.2) is 0 Å². The molecule has 9 heteroatoms. The van der Waals surface area contributed by atoms with Crippen molar-refractivity contribution in [2.45, 2.75) is 16.8 Å². The van der Waals surface area contributed by atoms with Crippen LogP contribution in [0.5, 0.6) is 0 Å². The van der Waals surface area contributed by atoms with Gasteiger partial charge in [0.25, 0.3) is 0 Å². The van der Waals surface area contributed by atoms with E-state index in [-0.39, 0.29) is 16.6 Å². The third-order valence-corrected chi connectivity index (χ3v) is 6.83. The quantitative estimate of drug-likeness (QED) is 0.738. The van der Waals surface area contributed by atoms with Crippen LogP contribution in [0.3, 0.4) is 0 Å². The number of aromatic nitrogens is 1. The summed E-state index contributed by atoms with van der Waals surface area (Å²) in [7, 11) is -3.55. The van der Waals surface area contributed by atoms with E-state index >= 15 is 0 Å². The number of rotatable bonds is 6. The SMILES string of the molecule is Cc1ccc(NC(=O)CSc2ccc(S(=O)(=O)N3CCOCC3)cn2)cc1. The number of pyridine rings is 1. The van der Waals surface area contributed by atoms with Gasteiger partial charge in [0.1, 0.15) is 4.90 Å². The molecule has 7 nitrogen and oxygen atoms in total. The maximum Gasteiger partial charge on any atom is 0.244 e. The summed E-state index contributed by atoms with van der Waals surface area (Å²) in [4.78, 5) is 16.4. The molecule has 27 heavy (non-hydrogen) atoms. The van der Waals surface area contributed by atoms with Gasteiger partial charge in [0.05, 0.1) is 24.0 Å². The van der Waals surface area contributed by atoms with E-state index in [1.165, 1.54) is 28.3 Å². The summed E-state index contributed by atoms with van der Waals surface area (Å²) in [6.45, 7) is 3.47. The molecule has 1 aromatic heterocycles. The zero-order valence-corrected chi connectivity index (χ0v) is 16.6. The van der Waals surface area contributed by atoms with Crippen LogP contribution in [0.1, 0.15) is 5.56 Å². The average molecular weight is 408 g/mol. The van der Waals surface area contributed by atoms with Crippen LogP contribution in [0, 0.1) is 6.92 Å². The highest BCUT2D eigenvalue weighted by molar-refractivity contribution is 7.99. The maximum absolute atomic E-state index is 12.6. The van der Waals surface area contributed by atoms with Gasteiger partial charge in [-0.25, -0.2) is 13.4 Å². The second kappa shape index (κ2) is 8.83. The van der Waals surface area contributed by atoms with Crippen LogP contribution >= 0.6 is 11.8 Å². The number of carbonyl (C=O) groups is 1. The number of hydrogen-bond donors (Lipinski definition) is 1. The van der Waals surface area contributed by atoms with Gasteiger partial charge < -0.3 is 10.1 Å². The molecule has 1 fully saturated rings. The second-order valence-corrected chi connectivity index (χ2v) is 8.99. The first-order chi connectivity index (χ1) is 12.9. The number of nitrogens with one attached hydrogen (secondary N) is 1. The predicted octanol–water partition coefficient (Wildman–Crippen LogP) is 2.14. The monoisotopic (exact) mass is 407 g/mol. The lowest BCUT2D eigenvalue weighted by atomic mass is 10.2. The van der Waals surface area contributed by atoms with E-state index in [4.69, 9.17) is 4.74 Å². The van der Waals surface area contributed by atoms with Crippen LogP contribution in [0.15, 0.2) is 52.5 Å². The van der Waals surface area contributed by atoms with E-state index in [2.05, 4.69) is 10.3 Å². The molecule has 1 aliphatic rings. The molecule has 144 valence electrons. The average Bonchev–Trinajstić information content (AvgIpc) is 2.69. The number of sulfonamides is 1. The Bertz CT molecular complexity index is 878. The minimum Gasteiger partial charge on any atom is -0.379 e. The fourth-order valence-corrected chi connectivity index (χ4v) is 4.51. The van der Waals surface area contributed by atoms with Crippen molar-refractivity contribution in [1.29, 1.82) is 0 Å². The molecule has 0 bridgehead atoms. The summed E-state index contributed by atoms with van der Waals surface area (Å²) in [5.41, 5.74) is 1.87. The van der Waals surface area contributed by atoms with Gasteiger partial charge in [0.2, 0.25) is 15.9 Å². The van der Waals surface area contributed by atoms with Gasteiger partial charge in [0, 0.05) is 25.0 Å². The third kappa shape index (κ3) is 5.29. The van der Waals surface area contributed by atoms with Crippen molar-refractivity contribution < 1.29 is 17.9 Å². The molecule has 1 aromatic carbocycles. The van der Waals surface area contributed by atoms with Crippen molar-refractivity contribution in [3.05, 3.63) is 48.2 Å². The van der Waals surface area contributed by atoms with E-state index in [0.717, 1.165) is 11.3 Å². The number of benzene rings is 1. The topological polar surface area (TPSA) is 88.6 Å². The fourth-order valence-electron chi connectivity index (χ4n) is 2.51. The molecule has 0 unspecified atom stereocenters. The van der Waals surface area contributed by atoms with Crippen molar-refractivity contribution in [3.8, 4) is 0 Å². The molecule has 1 aliphatic heterocycles. The number of thioether (sulfide) groups is 1. The van der Waals surface area contributed by atoms with Crippen molar-refractivity contribution in [2.75, 3.05) is 37.4 Å². The van der Waals surface area contributed by atoms with Crippen LogP contribution < -0.4 is 5.32 Å². The summed E-state index contributed by atoms with van der Waals surface area (Å²) in [6.07, 6.45) is 1.34. The van der Waals surface area contributed by atoms with Crippen LogP contribution in [0.25, 0.3) is 0 Å². The number of carbonyl (C=O) groups excluding carboxylic acids is 1. The normalized spacial score (nSPS) is 15.4. The highest BCUT2D eigenvalue weighted by Crippen LogP contribution is 2.20. The smallest absolute Gasteiger partial charge is 0.244 e. The first-order valence-electron chi connectivity index (χ1n) is 8.48. The standard InChI is InChI=1S/C18H21N3O4S2/c1-14-2-4-15(5-3-14)20-17(22)13-26-18-7-6-16(12-19-18)27(23,24)21-8-10-25-11-9-21/h2-7,12H,8-11,13H2,1H3,(H,20,22). The molecule has 1 saturated heterocycles. The second-order valence-electron chi connectivity index (χ2n) is 6.05. The Kier molecular flexibility index (Phi) is 6.48. The Morgan fingerprint density at radius 1 is 1.19 bits per heavy atom. The highest BCUT2D eigenvalue weighted by Gasteiger charge is 2.26. The van der Waals surface area contributed by atoms with Crippen LogP contribution in [-0.4, -0.2) is 55.7 Å². The minimum absolute atomic E-state index is 0.143. The van der Waals surface area contributed by atoms with E-state index in [1.807, 2.05) is 31.2 Å². The third-order valence-electron chi connectivity index (χ3n) is 4.00. The van der Waals surface area contributed by atoms with Gasteiger partial charge in [-0.3, -0.25) is 4.79 Å². The van der Waals surface area contributed by atoms with Gasteiger partial charge in [-0.2, -0.15) is 4.31 Å². The van der Waals surface area contributed by atoms with Crippen molar-refractivity contribution in [1.82, 2.24) is 9.29 Å². The molecule has 0 atom stereocenters. The molecule has 0 saturated carbocycles.